The standard InChI is InChI=1S/C26H19ClNO3/c1-31-23-13-18(12-21(27)25(23)30)17-7-8-22-19(11-17)24(16-5-3-2-4-6-16)20(14-28-22)26(15-29)9-10-26/h3-8,11-15,30H,9-10H2,1H3. The molecule has 0 saturated heterocycles. The Bertz CT molecular complexity index is 1310. The number of carbonyl (C=O) groups is 1. The molecular formula is C26H19ClNO3. The van der Waals surface area contributed by atoms with Gasteiger partial charge >= 0.3 is 0 Å². The van der Waals surface area contributed by atoms with E-state index in [1.54, 1.807) is 12.1 Å². The summed E-state index contributed by atoms with van der Waals surface area (Å²) in [7, 11) is 1.49. The van der Waals surface area contributed by atoms with Gasteiger partial charge in [0.2, 0.25) is 0 Å². The number of carbonyl (C=O) groups excluding carboxylic acids is 1. The van der Waals surface area contributed by atoms with Gasteiger partial charge in [-0.05, 0) is 71.0 Å². The van der Waals surface area contributed by atoms with Crippen LogP contribution < -0.4 is 4.74 Å². The summed E-state index contributed by atoms with van der Waals surface area (Å²) in [5.74, 6) is 0.228. The Kier molecular flexibility index (Phi) is 4.67. The SMILES string of the molecule is COc1cc(-c2ccc3ncc(C4(C=O)CC4)c(-c4cc[c]cc4)c3c2)cc(Cl)c1O. The van der Waals surface area contributed by atoms with Crippen LogP contribution in [0.2, 0.25) is 5.02 Å². The highest BCUT2D eigenvalue weighted by Gasteiger charge is 2.46. The van der Waals surface area contributed by atoms with E-state index in [9.17, 15) is 9.90 Å². The Morgan fingerprint density at radius 3 is 2.55 bits per heavy atom. The Balaban J connectivity index is 1.79. The molecule has 0 atom stereocenters. The fourth-order valence-corrected chi connectivity index (χ4v) is 4.31. The first-order valence-electron chi connectivity index (χ1n) is 9.99. The second-order valence-corrected chi connectivity index (χ2v) is 8.26. The third-order valence-corrected chi connectivity index (χ3v) is 6.30. The van der Waals surface area contributed by atoms with Crippen LogP contribution in [0.1, 0.15) is 18.4 Å². The van der Waals surface area contributed by atoms with Crippen molar-refractivity contribution in [3.8, 4) is 33.8 Å². The van der Waals surface area contributed by atoms with E-state index in [-0.39, 0.29) is 10.8 Å². The molecule has 1 aliphatic rings. The lowest BCUT2D eigenvalue weighted by atomic mass is 9.87. The number of phenolic OH excluding ortho intramolecular Hbond substituents is 1. The van der Waals surface area contributed by atoms with E-state index in [0.717, 1.165) is 57.8 Å². The van der Waals surface area contributed by atoms with Crippen LogP contribution in [0.25, 0.3) is 33.2 Å². The third-order valence-electron chi connectivity index (χ3n) is 6.01. The first-order valence-corrected chi connectivity index (χ1v) is 10.4. The molecule has 1 heterocycles. The van der Waals surface area contributed by atoms with E-state index >= 15 is 0 Å². The van der Waals surface area contributed by atoms with Crippen LogP contribution in [0.5, 0.6) is 11.5 Å². The highest BCUT2D eigenvalue weighted by Crippen LogP contribution is 2.51. The quantitative estimate of drug-likeness (QED) is 0.398. The van der Waals surface area contributed by atoms with Gasteiger partial charge in [-0.3, -0.25) is 4.98 Å². The summed E-state index contributed by atoms with van der Waals surface area (Å²) in [5.41, 5.74) is 5.10. The molecule has 4 aromatic rings. The normalized spacial score (nSPS) is 14.4. The molecule has 1 aliphatic carbocycles. The van der Waals surface area contributed by atoms with Gasteiger partial charge in [-0.25, -0.2) is 0 Å². The Morgan fingerprint density at radius 1 is 1.10 bits per heavy atom. The first kappa shape index (κ1) is 19.6. The summed E-state index contributed by atoms with van der Waals surface area (Å²) >= 11 is 6.22. The van der Waals surface area contributed by atoms with Crippen molar-refractivity contribution in [2.45, 2.75) is 18.3 Å². The average Bonchev–Trinajstić information content (AvgIpc) is 3.61. The molecule has 1 N–H and O–H groups in total. The molecule has 153 valence electrons. The van der Waals surface area contributed by atoms with Crippen molar-refractivity contribution in [2.24, 2.45) is 0 Å². The fourth-order valence-electron chi connectivity index (χ4n) is 4.10. The maximum Gasteiger partial charge on any atom is 0.176 e. The monoisotopic (exact) mass is 428 g/mol. The lowest BCUT2D eigenvalue weighted by Crippen LogP contribution is -2.10. The molecule has 0 spiro atoms. The number of hydrogen-bond donors (Lipinski definition) is 1. The predicted octanol–water partition coefficient (Wildman–Crippen LogP) is 5.97. The zero-order valence-corrected chi connectivity index (χ0v) is 17.6. The lowest BCUT2D eigenvalue weighted by Gasteiger charge is -2.18. The summed E-state index contributed by atoms with van der Waals surface area (Å²) in [6.45, 7) is 0. The summed E-state index contributed by atoms with van der Waals surface area (Å²) in [5, 5.41) is 11.3. The number of halogens is 1. The number of fused-ring (bicyclic) bond motifs is 1. The van der Waals surface area contributed by atoms with Crippen LogP contribution in [0.15, 0.2) is 60.8 Å². The summed E-state index contributed by atoms with van der Waals surface area (Å²) < 4.78 is 5.27. The zero-order valence-electron chi connectivity index (χ0n) is 16.9. The highest BCUT2D eigenvalue weighted by atomic mass is 35.5. The van der Waals surface area contributed by atoms with Gasteiger partial charge in [0.1, 0.15) is 6.29 Å². The van der Waals surface area contributed by atoms with Gasteiger partial charge in [0.05, 0.1) is 23.1 Å². The molecule has 0 unspecified atom stereocenters. The van der Waals surface area contributed by atoms with Crippen LogP contribution in [-0.2, 0) is 10.2 Å². The second kappa shape index (κ2) is 7.40. The van der Waals surface area contributed by atoms with E-state index in [1.807, 2.05) is 42.6 Å². The van der Waals surface area contributed by atoms with Gasteiger partial charge in [0.25, 0.3) is 0 Å². The van der Waals surface area contributed by atoms with Crippen LogP contribution in [0.4, 0.5) is 0 Å². The summed E-state index contributed by atoms with van der Waals surface area (Å²) in [6, 6.07) is 20.3. The number of benzene rings is 3. The van der Waals surface area contributed by atoms with Gasteiger partial charge in [0, 0.05) is 11.6 Å². The topological polar surface area (TPSA) is 59.4 Å². The predicted molar refractivity (Wildman–Crippen MR) is 122 cm³/mol. The number of methoxy groups -OCH3 is 1. The Hall–Kier alpha value is -3.37. The van der Waals surface area contributed by atoms with Crippen molar-refractivity contribution in [1.29, 1.82) is 0 Å². The van der Waals surface area contributed by atoms with Gasteiger partial charge in [-0.15, -0.1) is 0 Å². The van der Waals surface area contributed by atoms with E-state index < -0.39 is 5.41 Å². The van der Waals surface area contributed by atoms with Crippen molar-refractivity contribution in [2.75, 3.05) is 7.11 Å². The molecule has 5 rings (SSSR count). The number of hydrogen-bond acceptors (Lipinski definition) is 4. The van der Waals surface area contributed by atoms with Crippen molar-refractivity contribution in [3.63, 3.8) is 0 Å². The molecule has 0 bridgehead atoms. The number of phenols is 1. The van der Waals surface area contributed by atoms with Crippen molar-refractivity contribution >= 4 is 28.8 Å². The number of ether oxygens (including phenoxy) is 1. The molecule has 4 nitrogen and oxygen atoms in total. The maximum atomic E-state index is 12.0. The van der Waals surface area contributed by atoms with Gasteiger partial charge < -0.3 is 14.6 Å². The molecule has 3 aromatic carbocycles. The smallest absolute Gasteiger partial charge is 0.176 e. The van der Waals surface area contributed by atoms with Gasteiger partial charge in [0.15, 0.2) is 11.5 Å². The third kappa shape index (κ3) is 3.24. The number of rotatable bonds is 5. The minimum Gasteiger partial charge on any atom is -0.503 e. The molecule has 1 fully saturated rings. The summed E-state index contributed by atoms with van der Waals surface area (Å²) in [6.07, 6.45) is 4.57. The molecule has 1 radical (unpaired) electrons. The molecule has 31 heavy (non-hydrogen) atoms. The van der Waals surface area contributed by atoms with Crippen LogP contribution in [0, 0.1) is 6.07 Å². The van der Waals surface area contributed by atoms with Crippen molar-refractivity contribution < 1.29 is 14.6 Å². The molecule has 1 aromatic heterocycles. The van der Waals surface area contributed by atoms with Gasteiger partial charge in [-0.1, -0.05) is 41.9 Å². The molecule has 0 aliphatic heterocycles. The van der Waals surface area contributed by atoms with Crippen molar-refractivity contribution in [3.05, 3.63) is 77.4 Å². The number of aromatic hydroxyl groups is 1. The second-order valence-electron chi connectivity index (χ2n) is 7.85. The molecule has 0 amide bonds. The average molecular weight is 429 g/mol. The van der Waals surface area contributed by atoms with Crippen LogP contribution >= 0.6 is 11.6 Å². The number of nitrogens with zero attached hydrogens (tertiary/aromatic N) is 1. The zero-order chi connectivity index (χ0) is 21.6. The van der Waals surface area contributed by atoms with Crippen molar-refractivity contribution in [1.82, 2.24) is 4.98 Å². The largest absolute Gasteiger partial charge is 0.503 e. The maximum absolute atomic E-state index is 12.0. The van der Waals surface area contributed by atoms with Crippen LogP contribution in [0.3, 0.4) is 0 Å². The molecule has 1 saturated carbocycles. The van der Waals surface area contributed by atoms with E-state index in [2.05, 4.69) is 17.1 Å². The Labute approximate surface area is 185 Å². The highest BCUT2D eigenvalue weighted by molar-refractivity contribution is 6.32. The molecular weight excluding hydrogens is 410 g/mol. The minimum atomic E-state index is -0.461. The van der Waals surface area contributed by atoms with E-state index in [0.29, 0.717) is 5.75 Å². The minimum absolute atomic E-state index is 0.0828. The summed E-state index contributed by atoms with van der Waals surface area (Å²) in [4.78, 5) is 16.6. The number of aldehydes is 1. The Morgan fingerprint density at radius 2 is 1.87 bits per heavy atom. The number of pyridine rings is 1. The lowest BCUT2D eigenvalue weighted by molar-refractivity contribution is -0.109. The number of aromatic nitrogens is 1. The first-order chi connectivity index (χ1) is 15.1. The van der Waals surface area contributed by atoms with E-state index in [4.69, 9.17) is 16.3 Å². The van der Waals surface area contributed by atoms with Gasteiger partial charge in [-0.2, -0.15) is 0 Å². The fraction of sp³-hybridized carbons (Fsp3) is 0.154. The molecule has 5 heteroatoms. The van der Waals surface area contributed by atoms with Crippen LogP contribution in [-0.4, -0.2) is 23.5 Å². The van der Waals surface area contributed by atoms with E-state index in [1.165, 1.54) is 7.11 Å².